The summed E-state index contributed by atoms with van der Waals surface area (Å²) < 4.78 is 108. The number of nitrogens with one attached hydrogen (secondary N) is 1. The number of hydrogen-bond donors (Lipinski definition) is 3. The molecule has 0 bridgehead atoms. The molecule has 0 aromatic carbocycles. The first-order valence-electron chi connectivity index (χ1n) is 15.9. The van der Waals surface area contributed by atoms with E-state index in [9.17, 15) is 73.1 Å². The smallest absolute Gasteiger partial charge is 0.455 e. The quantitative estimate of drug-likeness (QED) is 0.0596. The Hall–Kier alpha value is -2.96. The van der Waals surface area contributed by atoms with Gasteiger partial charge < -0.3 is 41.4 Å². The number of carbonyl (C=O) groups is 7. The van der Waals surface area contributed by atoms with E-state index in [-0.39, 0.29) is 112 Å². The molecule has 0 aliphatic rings. The Kier molecular flexibility index (Phi) is 41.1. The summed E-state index contributed by atoms with van der Waals surface area (Å²) in [5.41, 5.74) is 4.82. The summed E-state index contributed by atoms with van der Waals surface area (Å²) in [6, 6.07) is 6.53. The van der Waals surface area contributed by atoms with Crippen LogP contribution in [0.4, 0.5) is 39.5 Å². The van der Waals surface area contributed by atoms with Crippen LogP contribution < -0.4 is 11.1 Å². The summed E-state index contributed by atoms with van der Waals surface area (Å²) in [7, 11) is 0. The third kappa shape index (κ3) is 28.2. The molecule has 4 aromatic rings. The second-order valence-corrected chi connectivity index (χ2v) is 14.3. The Balaban J connectivity index is -0.000000172. The number of nitrogens with zero attached hydrogens (tertiary/aromatic N) is 1. The number of carboxylic acid groups (broad SMARTS) is 1. The van der Waals surface area contributed by atoms with Gasteiger partial charge in [0.15, 0.2) is 0 Å². The molecule has 26 heteroatoms. The minimum absolute atomic E-state index is 0. The molecule has 4 N–H and O–H groups in total. The van der Waals surface area contributed by atoms with E-state index in [0.29, 0.717) is 32.6 Å². The van der Waals surface area contributed by atoms with Crippen molar-refractivity contribution in [3.8, 4) is 9.88 Å². The third-order valence-electron chi connectivity index (χ3n) is 5.41. The molecule has 2 radical (unpaired) electrons. The average molecular weight is 1140 g/mol. The summed E-state index contributed by atoms with van der Waals surface area (Å²) in [6.45, 7) is 24.6. The van der Waals surface area contributed by atoms with Crippen molar-refractivity contribution in [1.29, 1.82) is 0 Å². The van der Waals surface area contributed by atoms with E-state index in [0.717, 1.165) is 46.6 Å². The molecule has 352 valence electrons. The van der Waals surface area contributed by atoms with Gasteiger partial charge in [0.25, 0.3) is 23.3 Å². The molecule has 11 nitrogen and oxygen atoms in total. The first kappa shape index (κ1) is 72.6. The standard InChI is InChI=1S/C10H8F3NO3S.C10H6F3NOS2.C7H3F3O3S.C4H6NO.2C2H5.C2H3.CH4.2Y/c1-5(15)4-14-9(17)7-3-2-6(18-7)8(16)10(11,12)13;1-5-4-14-9(16-5)7-3-2-6(17-7)8(15)10(11,12)13;8-7(9,10)5(11)3-1-2-4(14-3)6(12)13;1-2-4(6)3-5;3*1-2;;;/h2-3H,4H2,1H3,(H,14,17);2-4H,1H3;1-2H,(H,12,13);1-2H,3,5H2;2*1H2,2H3;1H,2H2;1H4;;/q;;;4*-1;;;. The minimum Gasteiger partial charge on any atom is -0.521 e. The van der Waals surface area contributed by atoms with Crippen molar-refractivity contribution in [3.05, 3.63) is 112 Å². The molecule has 1 amide bonds. The third-order valence-corrected chi connectivity index (χ3v) is 9.73. The number of thiazole rings is 1. The summed E-state index contributed by atoms with van der Waals surface area (Å²) >= 11 is 2.93. The fourth-order valence-electron chi connectivity index (χ4n) is 2.98. The van der Waals surface area contributed by atoms with Gasteiger partial charge in [-0.1, -0.05) is 7.43 Å². The number of amides is 1. The summed E-state index contributed by atoms with van der Waals surface area (Å²) in [6.07, 6.45) is -12.1. The maximum absolute atomic E-state index is 12.2. The average Bonchev–Trinajstić information content (AvgIpc) is 4.05. The molecule has 4 aromatic heterocycles. The maximum Gasteiger partial charge on any atom is 0.455 e. The molecule has 0 aliphatic heterocycles. The number of Topliss-reactive ketones (excluding diaryl/α,β-unsaturated/α-hetero) is 4. The number of aromatic carboxylic acids is 1. The predicted octanol–water partition coefficient (Wildman–Crippen LogP) is 10.3. The summed E-state index contributed by atoms with van der Waals surface area (Å²) in [5.74, 6) is -8.36. The summed E-state index contributed by atoms with van der Waals surface area (Å²) in [5, 5.41) is 11.3. The van der Waals surface area contributed by atoms with Crippen LogP contribution in [0, 0.1) is 33.9 Å². The van der Waals surface area contributed by atoms with Crippen molar-refractivity contribution in [2.24, 2.45) is 5.73 Å². The zero-order chi connectivity index (χ0) is 48.5. The molecule has 0 fully saturated rings. The SMILES string of the molecule is C.CC(=O)CNC(=O)c1ccc(C(=O)C(F)(F)F)s1.Cc1cnc(-c2ccc(C(=O)C(F)(F)F)s2)s1.O=C(O)c1ccc(C(=O)C(F)(F)F)s1.[CH-]=C.[CH-]=CC(=O)CN.[CH2-]C.[CH2-]C.[Y].[Y]. The first-order valence-corrected chi connectivity index (χ1v) is 19.2. The molecular weight excluding hydrogens is 1100 g/mol. The van der Waals surface area contributed by atoms with Gasteiger partial charge in [-0.05, 0) is 56.8 Å². The van der Waals surface area contributed by atoms with Crippen molar-refractivity contribution in [1.82, 2.24) is 10.3 Å². The van der Waals surface area contributed by atoms with E-state index in [1.165, 1.54) is 30.4 Å². The van der Waals surface area contributed by atoms with E-state index in [1.807, 2.05) is 6.92 Å². The van der Waals surface area contributed by atoms with Gasteiger partial charge in [-0.3, -0.25) is 37.1 Å². The fraction of sp³-hybridized carbons (Fsp3) is 0.263. The molecule has 0 spiro atoms. The van der Waals surface area contributed by atoms with Crippen LogP contribution >= 0.6 is 45.3 Å². The van der Waals surface area contributed by atoms with Crippen molar-refractivity contribution < 1.29 is 144 Å². The number of carbonyl (C=O) groups excluding carboxylic acids is 6. The van der Waals surface area contributed by atoms with E-state index in [1.54, 1.807) is 20.0 Å². The van der Waals surface area contributed by atoms with Gasteiger partial charge in [0.2, 0.25) is 0 Å². The molecular formula is C38H40F9N3O8S4Y2-4. The Labute approximate surface area is 430 Å². The predicted molar refractivity (Wildman–Crippen MR) is 222 cm³/mol. The topological polar surface area (TPSA) is 191 Å². The van der Waals surface area contributed by atoms with Crippen LogP contribution in [-0.4, -0.2) is 82.5 Å². The number of hydrogen-bond acceptors (Lipinski definition) is 13. The normalized spacial score (nSPS) is 9.69. The van der Waals surface area contributed by atoms with Crippen LogP contribution in [0.25, 0.3) is 9.88 Å². The number of rotatable bonds is 10. The van der Waals surface area contributed by atoms with Gasteiger partial charge in [0.1, 0.15) is 15.7 Å². The monoisotopic (exact) mass is 1140 g/mol. The van der Waals surface area contributed by atoms with Gasteiger partial charge in [-0.25, -0.2) is 9.78 Å². The molecule has 64 heavy (non-hydrogen) atoms. The van der Waals surface area contributed by atoms with Crippen LogP contribution in [-0.2, 0) is 75.0 Å². The van der Waals surface area contributed by atoms with E-state index >= 15 is 0 Å². The molecule has 0 atom stereocenters. The van der Waals surface area contributed by atoms with Crippen LogP contribution in [0.15, 0.2) is 55.3 Å². The van der Waals surface area contributed by atoms with Crippen LogP contribution in [0.2, 0.25) is 0 Å². The van der Waals surface area contributed by atoms with Crippen molar-refractivity contribution in [3.63, 3.8) is 0 Å². The number of thiophene rings is 3. The number of carboxylic acids is 1. The fourth-order valence-corrected chi connectivity index (χ4v) is 6.46. The van der Waals surface area contributed by atoms with Crippen LogP contribution in [0.3, 0.4) is 0 Å². The largest absolute Gasteiger partial charge is 0.521 e. The zero-order valence-electron chi connectivity index (χ0n) is 33.3. The number of ketones is 5. The van der Waals surface area contributed by atoms with Gasteiger partial charge in [-0.15, -0.1) is 45.3 Å². The Morgan fingerprint density at radius 2 is 1.08 bits per heavy atom. The molecule has 4 rings (SSSR count). The van der Waals surface area contributed by atoms with Crippen molar-refractivity contribution in [2.45, 2.75) is 53.7 Å². The molecule has 0 aliphatic carbocycles. The summed E-state index contributed by atoms with van der Waals surface area (Å²) in [4.78, 5) is 78.4. The van der Waals surface area contributed by atoms with Gasteiger partial charge >= 0.3 is 24.5 Å². The number of halogens is 9. The van der Waals surface area contributed by atoms with Crippen LogP contribution in [0.5, 0.6) is 0 Å². The number of alkyl halides is 9. The first-order chi connectivity index (χ1) is 28.2. The van der Waals surface area contributed by atoms with E-state index in [2.05, 4.69) is 37.3 Å². The van der Waals surface area contributed by atoms with Crippen LogP contribution in [0.1, 0.15) is 81.4 Å². The maximum atomic E-state index is 12.2. The minimum atomic E-state index is -4.96. The van der Waals surface area contributed by atoms with E-state index in [4.69, 9.17) is 17.4 Å². The molecule has 0 saturated carbocycles. The zero-order valence-corrected chi connectivity index (χ0v) is 42.3. The Bertz CT molecular complexity index is 2060. The second kappa shape index (κ2) is 36.2. The van der Waals surface area contributed by atoms with Gasteiger partial charge in [-0.2, -0.15) is 59.4 Å². The van der Waals surface area contributed by atoms with Gasteiger partial charge in [0.05, 0.1) is 30.9 Å². The second-order valence-electron chi connectivity index (χ2n) is 9.78. The molecule has 0 saturated heterocycles. The van der Waals surface area contributed by atoms with Gasteiger partial charge in [0, 0.05) is 82.3 Å². The molecule has 0 unspecified atom stereocenters. The van der Waals surface area contributed by atoms with Crippen molar-refractivity contribution >= 4 is 86.1 Å². The molecule has 4 heterocycles. The van der Waals surface area contributed by atoms with E-state index < -0.39 is 57.5 Å². The van der Waals surface area contributed by atoms with Crippen molar-refractivity contribution in [2.75, 3.05) is 13.1 Å². The number of aromatic nitrogens is 1. The number of aryl methyl sites for hydroxylation is 1. The Morgan fingerprint density at radius 3 is 1.38 bits per heavy atom. The number of nitrogens with two attached hydrogens (primary N) is 1. The Morgan fingerprint density at radius 1 is 0.719 bits per heavy atom.